The van der Waals surface area contributed by atoms with Gasteiger partial charge in [-0.25, -0.2) is 0 Å². The molecule has 0 amide bonds. The van der Waals surface area contributed by atoms with Crippen LogP contribution in [0.5, 0.6) is 0 Å². The third-order valence-electron chi connectivity index (χ3n) is 16.7. The summed E-state index contributed by atoms with van der Waals surface area (Å²) in [6.07, 6.45) is 4.65. The van der Waals surface area contributed by atoms with Crippen molar-refractivity contribution >= 4 is 68.4 Å². The molecule has 0 saturated carbocycles. The Balaban J connectivity index is 1.29. The van der Waals surface area contributed by atoms with Gasteiger partial charge in [0.2, 0.25) is 0 Å². The first-order valence-electron chi connectivity index (χ1n) is 24.8. The summed E-state index contributed by atoms with van der Waals surface area (Å²) in [5, 5.41) is 1.21. The summed E-state index contributed by atoms with van der Waals surface area (Å²) in [7, 11) is 0. The third kappa shape index (κ3) is 6.51. The molecule has 0 bridgehead atoms. The zero-order chi connectivity index (χ0) is 46.7. The molecule has 0 fully saturated rings. The van der Waals surface area contributed by atoms with Crippen molar-refractivity contribution in [3.8, 4) is 11.1 Å². The number of fused-ring (bicyclic) bond motifs is 8. The Labute approximate surface area is 395 Å². The first-order valence-corrected chi connectivity index (χ1v) is 24.8. The molecule has 0 unspecified atom stereocenters. The number of nitrogens with zero attached hydrogens (tertiary/aromatic N) is 2. The van der Waals surface area contributed by atoms with Gasteiger partial charge in [0.25, 0.3) is 6.71 Å². The summed E-state index contributed by atoms with van der Waals surface area (Å²) in [6, 6.07) is 45.1. The van der Waals surface area contributed by atoms with E-state index in [4.69, 9.17) is 4.42 Å². The minimum atomic E-state index is -0.126. The van der Waals surface area contributed by atoms with E-state index in [1.807, 2.05) is 0 Å². The van der Waals surface area contributed by atoms with E-state index in [0.717, 1.165) is 36.2 Å². The fourth-order valence-corrected chi connectivity index (χ4v) is 12.2. The van der Waals surface area contributed by atoms with Crippen LogP contribution in [0.15, 0.2) is 120 Å². The summed E-state index contributed by atoms with van der Waals surface area (Å²) in [6.45, 7) is 33.3. The van der Waals surface area contributed by atoms with Gasteiger partial charge in [-0.15, -0.1) is 0 Å². The van der Waals surface area contributed by atoms with Crippen LogP contribution in [-0.4, -0.2) is 6.71 Å². The van der Waals surface area contributed by atoms with Crippen molar-refractivity contribution in [2.45, 2.75) is 155 Å². The van der Waals surface area contributed by atoms with E-state index < -0.39 is 0 Å². The van der Waals surface area contributed by atoms with E-state index in [2.05, 4.69) is 222 Å². The SMILES string of the molecule is CC(C)(C)c1ccc(N2c3cc(C(C)(C)C)ccc3B3c4oc5cc6c(cc5c4N(c4ccc5c(c4)C(C)(C)CCC5(C)C)c4cc(-c5ccccc5)cc2c43)C(C)(C)CCC6(C)C)cc1. The zero-order valence-electron chi connectivity index (χ0n) is 42.2. The molecule has 2 aliphatic heterocycles. The Hall–Kier alpha value is -5.48. The maximum absolute atomic E-state index is 7.61. The quantitative estimate of drug-likeness (QED) is 0.165. The lowest BCUT2D eigenvalue weighted by Gasteiger charge is -2.45. The average Bonchev–Trinajstić information content (AvgIpc) is 3.64. The molecule has 0 radical (unpaired) electrons. The van der Waals surface area contributed by atoms with E-state index in [0.29, 0.717) is 0 Å². The Bertz CT molecular complexity index is 3110. The van der Waals surface area contributed by atoms with Gasteiger partial charge in [-0.1, -0.05) is 158 Å². The molecule has 3 nitrogen and oxygen atoms in total. The fourth-order valence-electron chi connectivity index (χ4n) is 12.2. The predicted octanol–water partition coefficient (Wildman–Crippen LogP) is 15.5. The number of benzene rings is 6. The van der Waals surface area contributed by atoms with Crippen LogP contribution < -0.4 is 26.4 Å². The Morgan fingerprint density at radius 2 is 1.00 bits per heavy atom. The first kappa shape index (κ1) is 43.1. The summed E-state index contributed by atoms with van der Waals surface area (Å²) in [4.78, 5) is 5.20. The van der Waals surface area contributed by atoms with Crippen molar-refractivity contribution < 1.29 is 4.42 Å². The second-order valence-corrected chi connectivity index (χ2v) is 25.2. The lowest BCUT2D eigenvalue weighted by molar-refractivity contribution is 0.332. The molecule has 7 aromatic rings. The van der Waals surface area contributed by atoms with Gasteiger partial charge < -0.3 is 14.2 Å². The number of hydrogen-bond acceptors (Lipinski definition) is 3. The molecular weight excluding hydrogens is 800 g/mol. The monoisotopic (exact) mass is 869 g/mol. The second-order valence-electron chi connectivity index (χ2n) is 25.2. The van der Waals surface area contributed by atoms with E-state index in [1.165, 1.54) is 95.7 Å². The van der Waals surface area contributed by atoms with Gasteiger partial charge in [-0.2, -0.15) is 0 Å². The molecule has 3 heterocycles. The topological polar surface area (TPSA) is 19.6 Å². The normalized spacial score (nSPS) is 18.6. The summed E-state index contributed by atoms with van der Waals surface area (Å²) in [5.41, 5.74) is 22.9. The molecule has 0 spiro atoms. The summed E-state index contributed by atoms with van der Waals surface area (Å²) in [5.74, 6) is 0. The van der Waals surface area contributed by atoms with Crippen molar-refractivity contribution in [1.29, 1.82) is 0 Å². The van der Waals surface area contributed by atoms with Crippen LogP contribution in [0.3, 0.4) is 0 Å². The van der Waals surface area contributed by atoms with Crippen LogP contribution in [0.1, 0.15) is 156 Å². The van der Waals surface area contributed by atoms with Crippen molar-refractivity contribution in [1.82, 2.24) is 0 Å². The smallest absolute Gasteiger partial charge is 0.297 e. The average molecular weight is 869 g/mol. The van der Waals surface area contributed by atoms with Gasteiger partial charge in [-0.05, 0) is 168 Å². The molecule has 0 N–H and O–H groups in total. The molecule has 336 valence electrons. The van der Waals surface area contributed by atoms with E-state index in [1.54, 1.807) is 0 Å². The van der Waals surface area contributed by atoms with Crippen molar-refractivity contribution in [2.24, 2.45) is 0 Å². The largest absolute Gasteiger partial charge is 0.468 e. The molecular formula is C62H69BN2O. The Morgan fingerprint density at radius 1 is 0.470 bits per heavy atom. The zero-order valence-corrected chi connectivity index (χ0v) is 42.2. The standard InChI is InChI=1S/C62H69BN2O/c1-57(2,3)40-20-23-42(24-21-40)64-50-34-41(58(4,5)6)22-27-49(50)63-54-51(64)32-39(38-18-16-15-17-19-38)33-52(54)65(43-25-26-45-46(35-43)60(9,10)29-28-59(45,7)8)55-44-36-47-48(37-53(44)66-56(55)63)62(13,14)31-30-61(47,11)12/h15-27,32-37H,28-31H2,1-14H3. The molecule has 2 aliphatic carbocycles. The number of anilines is 6. The number of rotatable bonds is 3. The van der Waals surface area contributed by atoms with Gasteiger partial charge in [0.05, 0.1) is 11.3 Å². The van der Waals surface area contributed by atoms with Crippen LogP contribution >= 0.6 is 0 Å². The van der Waals surface area contributed by atoms with E-state index in [9.17, 15) is 0 Å². The van der Waals surface area contributed by atoms with Crippen molar-refractivity contribution in [3.05, 3.63) is 149 Å². The maximum atomic E-state index is 7.61. The second kappa shape index (κ2) is 14.0. The van der Waals surface area contributed by atoms with Crippen LogP contribution in [0.2, 0.25) is 0 Å². The van der Waals surface area contributed by atoms with Gasteiger partial charge in [-0.3, -0.25) is 0 Å². The highest BCUT2D eigenvalue weighted by Crippen LogP contribution is 2.54. The van der Waals surface area contributed by atoms with Gasteiger partial charge in [0, 0.05) is 33.8 Å². The highest BCUT2D eigenvalue weighted by Gasteiger charge is 2.49. The minimum Gasteiger partial charge on any atom is -0.468 e. The maximum Gasteiger partial charge on any atom is 0.297 e. The van der Waals surface area contributed by atoms with Crippen LogP contribution in [-0.2, 0) is 32.5 Å². The molecule has 66 heavy (non-hydrogen) atoms. The molecule has 0 atom stereocenters. The lowest BCUT2D eigenvalue weighted by Crippen LogP contribution is -2.61. The molecule has 4 heteroatoms. The third-order valence-corrected chi connectivity index (χ3v) is 16.7. The molecule has 6 aromatic carbocycles. The van der Waals surface area contributed by atoms with Crippen LogP contribution in [0, 0.1) is 0 Å². The van der Waals surface area contributed by atoms with Crippen LogP contribution in [0.4, 0.5) is 34.1 Å². The highest BCUT2D eigenvalue weighted by molar-refractivity contribution is 7.00. The highest BCUT2D eigenvalue weighted by atomic mass is 16.3. The minimum absolute atomic E-state index is 0.0374. The molecule has 1 aromatic heterocycles. The first-order chi connectivity index (χ1) is 30.9. The van der Waals surface area contributed by atoms with Crippen molar-refractivity contribution in [3.63, 3.8) is 0 Å². The van der Waals surface area contributed by atoms with Crippen molar-refractivity contribution in [2.75, 3.05) is 9.80 Å². The lowest BCUT2D eigenvalue weighted by atomic mass is 9.35. The number of furan rings is 1. The van der Waals surface area contributed by atoms with Crippen LogP contribution in [0.25, 0.3) is 22.1 Å². The molecule has 11 rings (SSSR count). The van der Waals surface area contributed by atoms with Gasteiger partial charge >= 0.3 is 0 Å². The van der Waals surface area contributed by atoms with Gasteiger partial charge in [0.1, 0.15) is 5.58 Å². The summed E-state index contributed by atoms with van der Waals surface area (Å²) >= 11 is 0. The Morgan fingerprint density at radius 3 is 1.61 bits per heavy atom. The summed E-state index contributed by atoms with van der Waals surface area (Å²) < 4.78 is 7.61. The van der Waals surface area contributed by atoms with Gasteiger partial charge in [0.15, 0.2) is 0 Å². The number of hydrogen-bond donors (Lipinski definition) is 0. The van der Waals surface area contributed by atoms with E-state index >= 15 is 0 Å². The van der Waals surface area contributed by atoms with E-state index in [-0.39, 0.29) is 39.2 Å². The fraction of sp³-hybridized carbons (Fsp3) is 0.387. The molecule has 0 saturated heterocycles. The predicted molar refractivity (Wildman–Crippen MR) is 284 cm³/mol. The molecule has 4 aliphatic rings. The Kier molecular flexibility index (Phi) is 9.17.